The first-order chi connectivity index (χ1) is 16.5. The number of likely N-dealkylation sites (N-methyl/N-ethyl adjacent to an activating group) is 1. The fourth-order valence-electron chi connectivity index (χ4n) is 5.73. The average molecular weight is 471 g/mol. The third-order valence-corrected chi connectivity index (χ3v) is 7.81. The van der Waals surface area contributed by atoms with Crippen molar-refractivity contribution in [1.29, 1.82) is 0 Å². The smallest absolute Gasteiger partial charge is 0.410 e. The lowest BCUT2D eigenvalue weighted by Crippen LogP contribution is -2.56. The van der Waals surface area contributed by atoms with E-state index in [1.54, 1.807) is 18.9 Å². The van der Waals surface area contributed by atoms with Crippen LogP contribution in [0, 0.1) is 5.92 Å². The monoisotopic (exact) mass is 470 g/mol. The Hall–Kier alpha value is -2.61. The van der Waals surface area contributed by atoms with Gasteiger partial charge < -0.3 is 25.2 Å². The number of carbonyl (C=O) groups excluding carboxylic acids is 3. The van der Waals surface area contributed by atoms with E-state index in [-0.39, 0.29) is 48.6 Å². The van der Waals surface area contributed by atoms with E-state index in [1.165, 1.54) is 6.42 Å². The summed E-state index contributed by atoms with van der Waals surface area (Å²) in [6, 6.07) is 8.77. The first-order valence-corrected chi connectivity index (χ1v) is 12.7. The van der Waals surface area contributed by atoms with Crippen LogP contribution in [-0.4, -0.2) is 72.0 Å². The molecule has 1 aliphatic carbocycles. The quantitative estimate of drug-likeness (QED) is 0.639. The largest absolute Gasteiger partial charge is 0.445 e. The molecule has 3 aliphatic rings. The van der Waals surface area contributed by atoms with Crippen LogP contribution in [0.5, 0.6) is 0 Å². The predicted octanol–water partition coefficient (Wildman–Crippen LogP) is 2.67. The number of nitrogens with zero attached hydrogens (tertiary/aromatic N) is 2. The maximum atomic E-state index is 13.8. The number of amides is 3. The molecule has 0 bridgehead atoms. The van der Waals surface area contributed by atoms with Crippen molar-refractivity contribution in [1.82, 2.24) is 20.4 Å². The molecule has 1 aromatic carbocycles. The molecule has 2 N–H and O–H groups in total. The van der Waals surface area contributed by atoms with Crippen molar-refractivity contribution in [3.63, 3.8) is 0 Å². The second-order valence-electron chi connectivity index (χ2n) is 9.87. The van der Waals surface area contributed by atoms with Crippen LogP contribution in [0.4, 0.5) is 4.79 Å². The highest BCUT2D eigenvalue weighted by atomic mass is 16.6. The molecule has 2 saturated heterocycles. The SMILES string of the molecule is CN[C@@H](C)C(=O)NC(C(=O)N1CC[C@@H]2C1CCN2C(=O)OCc1ccccc1)C1CCCCC1. The van der Waals surface area contributed by atoms with Gasteiger partial charge in [0.05, 0.1) is 18.1 Å². The summed E-state index contributed by atoms with van der Waals surface area (Å²) in [6.07, 6.45) is 6.48. The van der Waals surface area contributed by atoms with Gasteiger partial charge in [0.1, 0.15) is 12.6 Å². The van der Waals surface area contributed by atoms with E-state index in [2.05, 4.69) is 10.6 Å². The minimum atomic E-state index is -0.499. The third-order valence-electron chi connectivity index (χ3n) is 7.81. The Morgan fingerprint density at radius 1 is 0.971 bits per heavy atom. The summed E-state index contributed by atoms with van der Waals surface area (Å²) in [5.74, 6) is 0.0388. The highest BCUT2D eigenvalue weighted by molar-refractivity contribution is 5.90. The Bertz CT molecular complexity index is 858. The molecular formula is C26H38N4O4. The van der Waals surface area contributed by atoms with Crippen molar-refractivity contribution in [3.05, 3.63) is 35.9 Å². The zero-order valence-electron chi connectivity index (χ0n) is 20.4. The molecule has 2 heterocycles. The van der Waals surface area contributed by atoms with Crippen LogP contribution >= 0.6 is 0 Å². The number of benzene rings is 1. The van der Waals surface area contributed by atoms with E-state index >= 15 is 0 Å². The normalized spacial score (nSPS) is 24.4. The minimum absolute atomic E-state index is 0.00977. The number of ether oxygens (including phenoxy) is 1. The van der Waals surface area contributed by atoms with Crippen LogP contribution in [-0.2, 0) is 20.9 Å². The average Bonchev–Trinajstić information content (AvgIpc) is 3.48. The van der Waals surface area contributed by atoms with Crippen molar-refractivity contribution in [3.8, 4) is 0 Å². The second kappa shape index (κ2) is 11.2. The molecule has 186 valence electrons. The molecule has 4 rings (SSSR count). The van der Waals surface area contributed by atoms with Crippen molar-refractivity contribution >= 4 is 17.9 Å². The Balaban J connectivity index is 1.40. The summed E-state index contributed by atoms with van der Waals surface area (Å²) < 4.78 is 5.57. The number of rotatable bonds is 7. The number of fused-ring (bicyclic) bond motifs is 1. The maximum Gasteiger partial charge on any atom is 0.410 e. The number of hydrogen-bond acceptors (Lipinski definition) is 5. The van der Waals surface area contributed by atoms with Gasteiger partial charge in [0.2, 0.25) is 11.8 Å². The predicted molar refractivity (Wildman–Crippen MR) is 129 cm³/mol. The van der Waals surface area contributed by atoms with Crippen LogP contribution in [0.15, 0.2) is 30.3 Å². The highest BCUT2D eigenvalue weighted by Crippen LogP contribution is 2.35. The zero-order valence-corrected chi connectivity index (χ0v) is 20.4. The van der Waals surface area contributed by atoms with Crippen molar-refractivity contribution in [2.75, 3.05) is 20.1 Å². The molecule has 0 radical (unpaired) electrons. The lowest BCUT2D eigenvalue weighted by atomic mass is 9.83. The molecule has 2 unspecified atom stereocenters. The minimum Gasteiger partial charge on any atom is -0.445 e. The van der Waals surface area contributed by atoms with Crippen LogP contribution < -0.4 is 10.6 Å². The van der Waals surface area contributed by atoms with Gasteiger partial charge in [-0.2, -0.15) is 0 Å². The van der Waals surface area contributed by atoms with Gasteiger partial charge in [-0.05, 0) is 51.1 Å². The van der Waals surface area contributed by atoms with Crippen LogP contribution in [0.25, 0.3) is 0 Å². The summed E-state index contributed by atoms with van der Waals surface area (Å²) >= 11 is 0. The van der Waals surface area contributed by atoms with Gasteiger partial charge in [-0.25, -0.2) is 4.79 Å². The van der Waals surface area contributed by atoms with E-state index in [1.807, 2.05) is 35.2 Å². The zero-order chi connectivity index (χ0) is 24.1. The van der Waals surface area contributed by atoms with E-state index in [0.29, 0.717) is 13.1 Å². The number of hydrogen-bond donors (Lipinski definition) is 2. The summed E-state index contributed by atoms with van der Waals surface area (Å²) in [5, 5.41) is 6.03. The highest BCUT2D eigenvalue weighted by Gasteiger charge is 2.48. The van der Waals surface area contributed by atoms with Crippen molar-refractivity contribution < 1.29 is 19.1 Å². The summed E-state index contributed by atoms with van der Waals surface area (Å²) in [7, 11) is 1.75. The third kappa shape index (κ3) is 5.37. The Morgan fingerprint density at radius 2 is 1.62 bits per heavy atom. The van der Waals surface area contributed by atoms with E-state index in [9.17, 15) is 14.4 Å². The summed E-state index contributed by atoms with van der Waals surface area (Å²) in [5.41, 5.74) is 0.955. The maximum absolute atomic E-state index is 13.8. The number of carbonyl (C=O) groups is 3. The molecule has 2 aliphatic heterocycles. The topological polar surface area (TPSA) is 91.0 Å². The first-order valence-electron chi connectivity index (χ1n) is 12.7. The molecule has 3 amide bonds. The van der Waals surface area contributed by atoms with Gasteiger partial charge in [-0.15, -0.1) is 0 Å². The van der Waals surface area contributed by atoms with E-state index < -0.39 is 6.04 Å². The fraction of sp³-hybridized carbons (Fsp3) is 0.654. The molecule has 4 atom stereocenters. The molecular weight excluding hydrogens is 432 g/mol. The van der Waals surface area contributed by atoms with Gasteiger partial charge in [-0.3, -0.25) is 9.59 Å². The molecule has 34 heavy (non-hydrogen) atoms. The van der Waals surface area contributed by atoms with Gasteiger partial charge in [0.15, 0.2) is 0 Å². The van der Waals surface area contributed by atoms with E-state index in [4.69, 9.17) is 4.74 Å². The Morgan fingerprint density at radius 3 is 2.29 bits per heavy atom. The molecule has 8 nitrogen and oxygen atoms in total. The van der Waals surface area contributed by atoms with Crippen molar-refractivity contribution in [2.45, 2.75) is 82.6 Å². The molecule has 1 aromatic rings. The van der Waals surface area contributed by atoms with Crippen LogP contribution in [0.2, 0.25) is 0 Å². The van der Waals surface area contributed by atoms with Crippen LogP contribution in [0.1, 0.15) is 57.4 Å². The molecule has 3 fully saturated rings. The van der Waals surface area contributed by atoms with E-state index in [0.717, 1.165) is 44.1 Å². The van der Waals surface area contributed by atoms with Crippen LogP contribution in [0.3, 0.4) is 0 Å². The molecule has 8 heteroatoms. The Labute approximate surface area is 202 Å². The molecule has 0 aromatic heterocycles. The summed E-state index contributed by atoms with van der Waals surface area (Å²) in [6.45, 7) is 3.25. The molecule has 1 saturated carbocycles. The number of likely N-dealkylation sites (tertiary alicyclic amines) is 2. The van der Waals surface area contributed by atoms with Gasteiger partial charge in [-0.1, -0.05) is 49.6 Å². The fourth-order valence-corrected chi connectivity index (χ4v) is 5.73. The van der Waals surface area contributed by atoms with Gasteiger partial charge >= 0.3 is 6.09 Å². The van der Waals surface area contributed by atoms with Gasteiger partial charge in [0.25, 0.3) is 0 Å². The first kappa shape index (κ1) is 24.5. The standard InChI is InChI=1S/C26H38N4O4/c1-18(27-2)24(31)28-23(20-11-7-4-8-12-20)25(32)29-15-13-22-21(29)14-16-30(22)26(33)34-17-19-9-5-3-6-10-19/h3,5-6,9-10,18,20-23,27H,4,7-8,11-17H2,1-2H3,(H,28,31)/t18-,21?,22+,23?/m0/s1. The van der Waals surface area contributed by atoms with Crippen molar-refractivity contribution in [2.24, 2.45) is 5.92 Å². The lowest BCUT2D eigenvalue weighted by Gasteiger charge is -2.35. The molecule has 0 spiro atoms. The second-order valence-corrected chi connectivity index (χ2v) is 9.87. The number of nitrogens with one attached hydrogen (secondary N) is 2. The Kier molecular flexibility index (Phi) is 8.08. The van der Waals surface area contributed by atoms with Gasteiger partial charge in [0, 0.05) is 13.1 Å². The lowest BCUT2D eigenvalue weighted by molar-refractivity contribution is -0.139. The summed E-state index contributed by atoms with van der Waals surface area (Å²) in [4.78, 5) is 43.0.